The number of nitrogens with zero attached hydrogens (tertiary/aromatic N) is 2. The van der Waals surface area contributed by atoms with Crippen molar-refractivity contribution in [3.63, 3.8) is 0 Å². The first kappa shape index (κ1) is 18.0. The molecule has 0 bridgehead atoms. The lowest BCUT2D eigenvalue weighted by atomic mass is 10.2. The number of halogens is 1. The van der Waals surface area contributed by atoms with Crippen LogP contribution >= 0.6 is 10.7 Å². The summed E-state index contributed by atoms with van der Waals surface area (Å²) in [7, 11) is 1.46. The van der Waals surface area contributed by atoms with Crippen LogP contribution in [0.2, 0.25) is 0 Å². The zero-order valence-corrected chi connectivity index (χ0v) is 14.4. The van der Waals surface area contributed by atoms with E-state index in [1.165, 1.54) is 0 Å². The number of carbonyl (C=O) groups is 1. The third-order valence-corrected chi connectivity index (χ3v) is 4.38. The maximum Gasteiger partial charge on any atom is 0.275 e. The van der Waals surface area contributed by atoms with E-state index >= 15 is 0 Å². The Kier molecular flexibility index (Phi) is 6.22. The quantitative estimate of drug-likeness (QED) is 0.775. The van der Waals surface area contributed by atoms with Crippen molar-refractivity contribution in [1.82, 2.24) is 15.1 Å². The summed E-state index contributed by atoms with van der Waals surface area (Å²) in [5, 5.41) is 6.53. The maximum absolute atomic E-state index is 12.5. The van der Waals surface area contributed by atoms with E-state index in [1.54, 1.807) is 4.90 Å². The lowest BCUT2D eigenvalue weighted by molar-refractivity contribution is 0.0736. The van der Waals surface area contributed by atoms with Gasteiger partial charge in [0.2, 0.25) is 0 Å². The molecule has 21 heavy (non-hydrogen) atoms. The van der Waals surface area contributed by atoms with Gasteiger partial charge in [0.15, 0.2) is 5.69 Å². The molecule has 0 unspecified atom stereocenters. The fraction of sp³-hybridized carbons (Fsp3) is 0.692. The van der Waals surface area contributed by atoms with E-state index < -0.39 is 15.0 Å². The number of aryl methyl sites for hydroxylation is 1. The molecule has 120 valence electrons. The molecule has 0 fully saturated rings. The van der Waals surface area contributed by atoms with Crippen LogP contribution in [0.1, 0.15) is 50.3 Å². The normalized spacial score (nSPS) is 11.9. The van der Waals surface area contributed by atoms with Gasteiger partial charge in [0.05, 0.1) is 5.69 Å². The smallest absolute Gasteiger partial charge is 0.275 e. The summed E-state index contributed by atoms with van der Waals surface area (Å²) >= 11 is 0. The minimum atomic E-state index is -4.03. The third kappa shape index (κ3) is 4.44. The Morgan fingerprint density at radius 1 is 1.38 bits per heavy atom. The average Bonchev–Trinajstić information content (AvgIpc) is 2.79. The highest BCUT2D eigenvalue weighted by atomic mass is 35.7. The van der Waals surface area contributed by atoms with Crippen LogP contribution in [-0.2, 0) is 15.5 Å². The number of amides is 1. The van der Waals surface area contributed by atoms with E-state index in [1.807, 2.05) is 27.7 Å². The number of hydrogen-bond acceptors (Lipinski definition) is 4. The standard InChI is InChI=1S/C13H22ClN3O3S/c1-5-7-10-12(21(14,19)20)11(16-15-10)13(18)17(6-2)8-9(3)4/h9H,5-8H2,1-4H3,(H,15,16). The molecule has 1 aromatic heterocycles. The lowest BCUT2D eigenvalue weighted by Gasteiger charge is -2.22. The molecule has 0 aliphatic carbocycles. The molecular weight excluding hydrogens is 314 g/mol. The van der Waals surface area contributed by atoms with Gasteiger partial charge in [-0.3, -0.25) is 9.89 Å². The number of H-pyrrole nitrogens is 1. The number of rotatable bonds is 7. The second-order valence-electron chi connectivity index (χ2n) is 5.31. The number of carbonyl (C=O) groups excluding carboxylic acids is 1. The number of aromatic nitrogens is 2. The molecule has 0 atom stereocenters. The summed E-state index contributed by atoms with van der Waals surface area (Å²) < 4.78 is 23.6. The molecule has 0 aliphatic heterocycles. The van der Waals surface area contributed by atoms with E-state index in [9.17, 15) is 13.2 Å². The predicted octanol–water partition coefficient (Wildman–Crippen LogP) is 2.41. The van der Waals surface area contributed by atoms with Crippen LogP contribution < -0.4 is 0 Å². The Bertz CT molecular complexity index is 596. The van der Waals surface area contributed by atoms with Gasteiger partial charge >= 0.3 is 0 Å². The van der Waals surface area contributed by atoms with Crippen LogP contribution in [0, 0.1) is 5.92 Å². The molecule has 0 saturated heterocycles. The summed E-state index contributed by atoms with van der Waals surface area (Å²) in [6.07, 6.45) is 1.19. The van der Waals surface area contributed by atoms with Crippen LogP contribution in [0.5, 0.6) is 0 Å². The predicted molar refractivity (Wildman–Crippen MR) is 82.0 cm³/mol. The van der Waals surface area contributed by atoms with Gasteiger partial charge in [-0.1, -0.05) is 27.2 Å². The molecule has 0 radical (unpaired) electrons. The highest BCUT2D eigenvalue weighted by Crippen LogP contribution is 2.25. The summed E-state index contributed by atoms with van der Waals surface area (Å²) in [4.78, 5) is 13.9. The second-order valence-corrected chi connectivity index (χ2v) is 7.81. The molecule has 1 rings (SSSR count). The van der Waals surface area contributed by atoms with E-state index in [2.05, 4.69) is 10.2 Å². The van der Waals surface area contributed by atoms with Crippen molar-refractivity contribution in [2.75, 3.05) is 13.1 Å². The first-order chi connectivity index (χ1) is 9.72. The topological polar surface area (TPSA) is 83.1 Å². The van der Waals surface area contributed by atoms with Crippen molar-refractivity contribution in [1.29, 1.82) is 0 Å². The van der Waals surface area contributed by atoms with Gasteiger partial charge in [0.25, 0.3) is 15.0 Å². The maximum atomic E-state index is 12.5. The summed E-state index contributed by atoms with van der Waals surface area (Å²) in [5.74, 6) is -0.136. The van der Waals surface area contributed by atoms with Gasteiger partial charge < -0.3 is 4.90 Å². The molecular formula is C13H22ClN3O3S. The Labute approximate surface area is 130 Å². The van der Waals surface area contributed by atoms with Crippen molar-refractivity contribution < 1.29 is 13.2 Å². The Balaban J connectivity index is 3.26. The van der Waals surface area contributed by atoms with Crippen molar-refractivity contribution in [3.8, 4) is 0 Å². The second kappa shape index (κ2) is 7.26. The third-order valence-electron chi connectivity index (χ3n) is 2.99. The summed E-state index contributed by atoms with van der Waals surface area (Å²) in [5.41, 5.74) is 0.271. The van der Waals surface area contributed by atoms with Crippen LogP contribution in [0.3, 0.4) is 0 Å². The van der Waals surface area contributed by atoms with Crippen LogP contribution in [0.25, 0.3) is 0 Å². The molecule has 0 aromatic carbocycles. The van der Waals surface area contributed by atoms with E-state index in [0.717, 1.165) is 6.42 Å². The monoisotopic (exact) mass is 335 g/mol. The molecule has 6 nitrogen and oxygen atoms in total. The molecule has 0 saturated carbocycles. The molecule has 1 heterocycles. The molecule has 0 spiro atoms. The number of aromatic amines is 1. The highest BCUT2D eigenvalue weighted by molar-refractivity contribution is 8.13. The van der Waals surface area contributed by atoms with Crippen molar-refractivity contribution >= 4 is 25.6 Å². The molecule has 8 heteroatoms. The van der Waals surface area contributed by atoms with Gasteiger partial charge in [0.1, 0.15) is 4.90 Å². The van der Waals surface area contributed by atoms with E-state index in [0.29, 0.717) is 25.2 Å². The van der Waals surface area contributed by atoms with Crippen molar-refractivity contribution in [2.45, 2.75) is 45.4 Å². The first-order valence-electron chi connectivity index (χ1n) is 7.03. The minimum Gasteiger partial charge on any atom is -0.337 e. The number of nitrogens with one attached hydrogen (secondary N) is 1. The lowest BCUT2D eigenvalue weighted by Crippen LogP contribution is -2.34. The van der Waals surface area contributed by atoms with Gasteiger partial charge in [-0.15, -0.1) is 0 Å². The SMILES string of the molecule is CCCc1[nH]nc(C(=O)N(CC)CC(C)C)c1S(=O)(=O)Cl. The van der Waals surface area contributed by atoms with Gasteiger partial charge in [0, 0.05) is 23.8 Å². The van der Waals surface area contributed by atoms with Gasteiger partial charge in [-0.05, 0) is 19.3 Å². The van der Waals surface area contributed by atoms with Crippen molar-refractivity contribution in [2.24, 2.45) is 5.92 Å². The Hall–Kier alpha value is -1.08. The Morgan fingerprint density at radius 2 is 2.00 bits per heavy atom. The van der Waals surface area contributed by atoms with Crippen LogP contribution in [-0.4, -0.2) is 42.5 Å². The fourth-order valence-corrected chi connectivity index (χ4v) is 3.45. The first-order valence-corrected chi connectivity index (χ1v) is 9.34. The molecule has 1 amide bonds. The largest absolute Gasteiger partial charge is 0.337 e. The summed E-state index contributed by atoms with van der Waals surface area (Å²) in [6.45, 7) is 8.74. The molecule has 1 N–H and O–H groups in total. The summed E-state index contributed by atoms with van der Waals surface area (Å²) in [6, 6.07) is 0. The highest BCUT2D eigenvalue weighted by Gasteiger charge is 2.30. The zero-order chi connectivity index (χ0) is 16.2. The van der Waals surface area contributed by atoms with E-state index in [-0.39, 0.29) is 16.5 Å². The van der Waals surface area contributed by atoms with Crippen LogP contribution in [0.4, 0.5) is 0 Å². The van der Waals surface area contributed by atoms with E-state index in [4.69, 9.17) is 10.7 Å². The van der Waals surface area contributed by atoms with Crippen molar-refractivity contribution in [3.05, 3.63) is 11.4 Å². The fourth-order valence-electron chi connectivity index (χ4n) is 2.14. The molecule has 0 aliphatic rings. The molecule has 1 aromatic rings. The average molecular weight is 336 g/mol. The van der Waals surface area contributed by atoms with Crippen LogP contribution in [0.15, 0.2) is 4.90 Å². The van der Waals surface area contributed by atoms with Gasteiger partial charge in [-0.2, -0.15) is 5.10 Å². The Morgan fingerprint density at radius 3 is 2.43 bits per heavy atom. The minimum absolute atomic E-state index is 0.115. The zero-order valence-electron chi connectivity index (χ0n) is 12.8. The number of hydrogen-bond donors (Lipinski definition) is 1. The van der Waals surface area contributed by atoms with Gasteiger partial charge in [-0.25, -0.2) is 8.42 Å².